The number of carbonyl (C=O) groups is 1. The summed E-state index contributed by atoms with van der Waals surface area (Å²) in [6.45, 7) is 1.64. The molecule has 25 heavy (non-hydrogen) atoms. The van der Waals surface area contributed by atoms with Gasteiger partial charge >= 0.3 is 6.09 Å². The minimum Gasteiger partial charge on any atom is -0.296 e. The first-order valence-corrected chi connectivity index (χ1v) is 9.94. The van der Waals surface area contributed by atoms with Crippen LogP contribution in [0.5, 0.6) is 0 Å². The lowest BCUT2D eigenvalue weighted by atomic mass is 10.3. The van der Waals surface area contributed by atoms with Gasteiger partial charge in [-0.2, -0.15) is 0 Å². The molecule has 10 nitrogen and oxygen atoms in total. The van der Waals surface area contributed by atoms with E-state index >= 15 is 0 Å². The maximum atomic E-state index is 12.5. The largest absolute Gasteiger partial charge is 0.446 e. The van der Waals surface area contributed by atoms with E-state index in [4.69, 9.17) is 0 Å². The molecule has 0 aliphatic heterocycles. The fourth-order valence-electron chi connectivity index (χ4n) is 1.35. The number of non-ortho nitro benzene ring substituents is 1. The van der Waals surface area contributed by atoms with E-state index in [1.165, 1.54) is 44.1 Å². The number of nitro groups is 1. The third-order valence-corrected chi connectivity index (χ3v) is 6.31. The monoisotopic (exact) mass is 408 g/mol. The zero-order valence-electron chi connectivity index (χ0n) is 13.8. The van der Waals surface area contributed by atoms with Crippen molar-refractivity contribution in [2.75, 3.05) is 20.4 Å². The molecule has 0 saturated heterocycles. The number of carbonyl (C=O) groups excluding carboxylic acids is 1. The fraction of sp³-hybridized carbons (Fsp3) is 0.333. The third-order valence-electron chi connectivity index (χ3n) is 2.71. The molecule has 0 aliphatic rings. The molecule has 0 radical (unpaired) electrons. The molecule has 0 spiro atoms. The summed E-state index contributed by atoms with van der Waals surface area (Å²) in [4.78, 5) is 26.2. The van der Waals surface area contributed by atoms with E-state index in [1.807, 2.05) is 0 Å². The van der Waals surface area contributed by atoms with E-state index in [1.54, 1.807) is 13.2 Å². The van der Waals surface area contributed by atoms with Gasteiger partial charge < -0.3 is 0 Å². The predicted octanol–water partition coefficient (Wildman–Crippen LogP) is 2.54. The Hall–Kier alpha value is -1.83. The van der Waals surface area contributed by atoms with Crippen molar-refractivity contribution < 1.29 is 23.0 Å². The SMILES string of the molecule is CSC(C)=NOC(=O)N(C)SN(C)S(=O)(=O)c1cccc([N+](=O)[O-])c1. The lowest BCUT2D eigenvalue weighted by Crippen LogP contribution is -2.29. The molecule has 0 aliphatic carbocycles. The Morgan fingerprint density at radius 3 is 2.56 bits per heavy atom. The quantitative estimate of drug-likeness (QED) is 0.176. The molecule has 1 aromatic carbocycles. The molecule has 0 fully saturated rings. The van der Waals surface area contributed by atoms with Crippen molar-refractivity contribution in [3.05, 3.63) is 34.4 Å². The molecule has 0 bridgehead atoms. The van der Waals surface area contributed by atoms with Gasteiger partial charge in [0.25, 0.3) is 15.7 Å². The molecule has 1 rings (SSSR count). The first kappa shape index (κ1) is 21.2. The van der Waals surface area contributed by atoms with Crippen molar-refractivity contribution >= 4 is 50.7 Å². The summed E-state index contributed by atoms with van der Waals surface area (Å²) in [5, 5.41) is 14.8. The van der Waals surface area contributed by atoms with Crippen molar-refractivity contribution in [2.24, 2.45) is 5.16 Å². The molecule has 1 amide bonds. The van der Waals surface area contributed by atoms with Crippen LogP contribution in [0.4, 0.5) is 10.5 Å². The maximum Gasteiger partial charge on any atom is 0.446 e. The molecule has 0 unspecified atom stereocenters. The molecule has 0 heterocycles. The number of hydrogen-bond donors (Lipinski definition) is 0. The second-order valence-electron chi connectivity index (χ2n) is 4.42. The minimum absolute atomic E-state index is 0.269. The first-order chi connectivity index (χ1) is 11.6. The van der Waals surface area contributed by atoms with Crippen molar-refractivity contribution in [2.45, 2.75) is 11.8 Å². The van der Waals surface area contributed by atoms with Gasteiger partial charge in [-0.25, -0.2) is 17.5 Å². The number of amides is 1. The number of thioether (sulfide) groups is 1. The van der Waals surface area contributed by atoms with Crippen LogP contribution in [0.15, 0.2) is 34.3 Å². The third kappa shape index (κ3) is 5.88. The molecule has 0 atom stereocenters. The standard InChI is InChI=1S/C12H16N4O6S3/c1-9(23-4)13-22-12(17)14(2)24-15(3)25(20,21)11-7-5-6-10(8-11)16(18)19/h5-8H,1-4H3. The molecule has 1 aromatic rings. The van der Waals surface area contributed by atoms with Gasteiger partial charge in [0.1, 0.15) is 5.04 Å². The summed E-state index contributed by atoms with van der Waals surface area (Å²) < 4.78 is 26.6. The Bertz CT molecular complexity index is 783. The predicted molar refractivity (Wildman–Crippen MR) is 96.5 cm³/mol. The summed E-state index contributed by atoms with van der Waals surface area (Å²) >= 11 is 1.82. The van der Waals surface area contributed by atoms with Gasteiger partial charge in [-0.1, -0.05) is 11.2 Å². The van der Waals surface area contributed by atoms with Crippen LogP contribution in [0.25, 0.3) is 0 Å². The zero-order valence-corrected chi connectivity index (χ0v) is 16.2. The average Bonchev–Trinajstić information content (AvgIpc) is 2.58. The van der Waals surface area contributed by atoms with Crippen LogP contribution in [0.1, 0.15) is 6.92 Å². The highest BCUT2D eigenvalue weighted by Gasteiger charge is 2.27. The molecule has 0 N–H and O–H groups in total. The van der Waals surface area contributed by atoms with E-state index in [0.717, 1.165) is 14.1 Å². The highest BCUT2D eigenvalue weighted by atomic mass is 32.3. The van der Waals surface area contributed by atoms with Gasteiger partial charge in [-0.3, -0.25) is 15.0 Å². The highest BCUT2D eigenvalue weighted by molar-refractivity contribution is 8.13. The molecule has 138 valence electrons. The summed E-state index contributed by atoms with van der Waals surface area (Å²) in [6.07, 6.45) is 0.879. The van der Waals surface area contributed by atoms with Crippen molar-refractivity contribution in [3.8, 4) is 0 Å². The van der Waals surface area contributed by atoms with E-state index in [2.05, 4.69) is 9.99 Å². The van der Waals surface area contributed by atoms with Crippen LogP contribution < -0.4 is 0 Å². The average molecular weight is 408 g/mol. The van der Waals surface area contributed by atoms with Gasteiger partial charge in [0.2, 0.25) is 0 Å². The second-order valence-corrected chi connectivity index (χ2v) is 8.88. The second kappa shape index (κ2) is 9.03. The van der Waals surface area contributed by atoms with E-state index in [0.29, 0.717) is 17.2 Å². The van der Waals surface area contributed by atoms with E-state index < -0.39 is 21.0 Å². The van der Waals surface area contributed by atoms with Crippen molar-refractivity contribution in [1.82, 2.24) is 8.02 Å². The van der Waals surface area contributed by atoms with Crippen LogP contribution >= 0.6 is 23.9 Å². The van der Waals surface area contributed by atoms with E-state index in [-0.39, 0.29) is 10.6 Å². The van der Waals surface area contributed by atoms with Crippen LogP contribution in [0.2, 0.25) is 0 Å². The fourth-order valence-corrected chi connectivity index (χ4v) is 3.64. The van der Waals surface area contributed by atoms with Crippen LogP contribution in [0, 0.1) is 10.1 Å². The van der Waals surface area contributed by atoms with Gasteiger partial charge in [0.05, 0.1) is 22.0 Å². The number of nitro benzene ring substituents is 1. The van der Waals surface area contributed by atoms with Crippen molar-refractivity contribution in [1.29, 1.82) is 0 Å². The number of sulfonamides is 1. The van der Waals surface area contributed by atoms with Gasteiger partial charge in [0, 0.05) is 26.2 Å². The highest BCUT2D eigenvalue weighted by Crippen LogP contribution is 2.25. The number of hydrogen-bond acceptors (Lipinski definition) is 9. The first-order valence-electron chi connectivity index (χ1n) is 6.54. The van der Waals surface area contributed by atoms with Crippen LogP contribution in [-0.2, 0) is 14.9 Å². The minimum atomic E-state index is -4.06. The number of benzene rings is 1. The molecule has 0 aromatic heterocycles. The number of rotatable bonds is 6. The van der Waals surface area contributed by atoms with E-state index in [9.17, 15) is 23.3 Å². The topological polar surface area (TPSA) is 122 Å². The van der Waals surface area contributed by atoms with Crippen LogP contribution in [-0.4, -0.2) is 52.8 Å². The molecular weight excluding hydrogens is 392 g/mol. The lowest BCUT2D eigenvalue weighted by molar-refractivity contribution is -0.385. The molecular formula is C12H16N4O6S3. The van der Waals surface area contributed by atoms with Crippen LogP contribution in [0.3, 0.4) is 0 Å². The Morgan fingerprint density at radius 1 is 1.36 bits per heavy atom. The number of nitrogens with zero attached hydrogens (tertiary/aromatic N) is 4. The summed E-state index contributed by atoms with van der Waals surface area (Å²) in [7, 11) is -1.55. The van der Waals surface area contributed by atoms with Gasteiger partial charge in [-0.15, -0.1) is 15.5 Å². The smallest absolute Gasteiger partial charge is 0.296 e. The number of oxime groups is 1. The molecule has 13 heteroatoms. The summed E-state index contributed by atoms with van der Waals surface area (Å²) in [6, 6.07) is 4.61. The van der Waals surface area contributed by atoms with Gasteiger partial charge in [0.15, 0.2) is 0 Å². The Balaban J connectivity index is 2.87. The Labute approximate surface area is 153 Å². The molecule has 0 saturated carbocycles. The zero-order chi connectivity index (χ0) is 19.2. The summed E-state index contributed by atoms with van der Waals surface area (Å²) in [5.41, 5.74) is -0.353. The van der Waals surface area contributed by atoms with Crippen molar-refractivity contribution in [3.63, 3.8) is 0 Å². The Kier molecular flexibility index (Phi) is 7.66. The summed E-state index contributed by atoms with van der Waals surface area (Å²) in [5.74, 6) is 0. The maximum absolute atomic E-state index is 12.5. The van der Waals surface area contributed by atoms with Gasteiger partial charge in [-0.05, 0) is 19.2 Å². The normalized spacial score (nSPS) is 12.1. The lowest BCUT2D eigenvalue weighted by Gasteiger charge is -2.20. The Morgan fingerprint density at radius 2 is 2.00 bits per heavy atom.